The number of amides is 1. The third-order valence-corrected chi connectivity index (χ3v) is 2.32. The zero-order valence-electron chi connectivity index (χ0n) is 9.40. The molecule has 0 radical (unpaired) electrons. The molecule has 100 valence electrons. The summed E-state index contributed by atoms with van der Waals surface area (Å²) in [5.74, 6) is -2.13. The van der Waals surface area contributed by atoms with E-state index in [1.807, 2.05) is 0 Å². The Morgan fingerprint density at radius 3 is 2.22 bits per heavy atom. The molecule has 1 rings (SSSR count). The Labute approximate surface area is 101 Å². The fraction of sp³-hybridized carbons (Fsp3) is 0.364. The summed E-state index contributed by atoms with van der Waals surface area (Å²) in [7, 11) is 0. The Hall–Kier alpha value is -1.76. The van der Waals surface area contributed by atoms with Gasteiger partial charge in [0.2, 0.25) is 0 Å². The van der Waals surface area contributed by atoms with Gasteiger partial charge in [-0.1, -0.05) is 12.1 Å². The standard InChI is InChI=1S/C11H12F3NO3/c1-6(15-10(18)11(12,13)14)9(17)7-2-4-8(16)5-3-7/h2-6,9,16-17H,1H3,(H,15,18). The number of carbonyl (C=O) groups excluding carboxylic acids is 1. The van der Waals surface area contributed by atoms with E-state index >= 15 is 0 Å². The van der Waals surface area contributed by atoms with Gasteiger partial charge >= 0.3 is 12.1 Å². The van der Waals surface area contributed by atoms with Gasteiger partial charge in [0.25, 0.3) is 0 Å². The van der Waals surface area contributed by atoms with E-state index in [0.717, 1.165) is 0 Å². The van der Waals surface area contributed by atoms with Crippen LogP contribution in [0.4, 0.5) is 13.2 Å². The van der Waals surface area contributed by atoms with Crippen LogP contribution in [0.2, 0.25) is 0 Å². The first-order valence-electron chi connectivity index (χ1n) is 5.06. The van der Waals surface area contributed by atoms with E-state index in [9.17, 15) is 23.1 Å². The number of hydrogen-bond donors (Lipinski definition) is 3. The van der Waals surface area contributed by atoms with Crippen LogP contribution in [0.1, 0.15) is 18.6 Å². The molecule has 0 spiro atoms. The smallest absolute Gasteiger partial charge is 0.471 e. The van der Waals surface area contributed by atoms with Gasteiger partial charge in [-0.3, -0.25) is 4.79 Å². The molecule has 18 heavy (non-hydrogen) atoms. The van der Waals surface area contributed by atoms with Gasteiger partial charge < -0.3 is 15.5 Å². The van der Waals surface area contributed by atoms with Crippen LogP contribution >= 0.6 is 0 Å². The van der Waals surface area contributed by atoms with Gasteiger partial charge in [-0.05, 0) is 24.6 Å². The lowest BCUT2D eigenvalue weighted by atomic mass is 10.0. The summed E-state index contributed by atoms with van der Waals surface area (Å²) < 4.78 is 36.0. The SMILES string of the molecule is CC(NC(=O)C(F)(F)F)C(O)c1ccc(O)cc1. The topological polar surface area (TPSA) is 69.6 Å². The number of aromatic hydroxyl groups is 1. The summed E-state index contributed by atoms with van der Waals surface area (Å²) in [6, 6.07) is 4.18. The second kappa shape index (κ2) is 5.26. The van der Waals surface area contributed by atoms with Crippen LogP contribution in [0, 0.1) is 0 Å². The number of alkyl halides is 3. The highest BCUT2D eigenvalue weighted by Crippen LogP contribution is 2.21. The second-order valence-corrected chi connectivity index (χ2v) is 3.80. The summed E-state index contributed by atoms with van der Waals surface area (Å²) in [4.78, 5) is 10.7. The molecule has 1 aromatic rings. The summed E-state index contributed by atoms with van der Waals surface area (Å²) in [5.41, 5.74) is 0.294. The number of carbonyl (C=O) groups is 1. The number of rotatable bonds is 3. The van der Waals surface area contributed by atoms with E-state index < -0.39 is 24.2 Å². The first-order valence-corrected chi connectivity index (χ1v) is 5.06. The van der Waals surface area contributed by atoms with E-state index in [1.54, 1.807) is 5.32 Å². The summed E-state index contributed by atoms with van der Waals surface area (Å²) >= 11 is 0. The third kappa shape index (κ3) is 3.63. The van der Waals surface area contributed by atoms with Crippen LogP contribution in [0.3, 0.4) is 0 Å². The maximum Gasteiger partial charge on any atom is 0.471 e. The Balaban J connectivity index is 2.70. The highest BCUT2D eigenvalue weighted by atomic mass is 19.4. The monoisotopic (exact) mass is 263 g/mol. The van der Waals surface area contributed by atoms with Crippen molar-refractivity contribution in [3.63, 3.8) is 0 Å². The van der Waals surface area contributed by atoms with E-state index in [1.165, 1.54) is 31.2 Å². The van der Waals surface area contributed by atoms with E-state index in [2.05, 4.69) is 0 Å². The normalized spacial score (nSPS) is 14.9. The lowest BCUT2D eigenvalue weighted by Gasteiger charge is -2.21. The number of phenolic OH excluding ortho intramolecular Hbond substituents is 1. The largest absolute Gasteiger partial charge is 0.508 e. The van der Waals surface area contributed by atoms with Crippen molar-refractivity contribution in [1.82, 2.24) is 5.32 Å². The minimum absolute atomic E-state index is 0.0297. The molecule has 0 heterocycles. The van der Waals surface area contributed by atoms with Crippen molar-refractivity contribution in [2.45, 2.75) is 25.2 Å². The zero-order valence-corrected chi connectivity index (χ0v) is 9.40. The van der Waals surface area contributed by atoms with E-state index in [0.29, 0.717) is 5.56 Å². The van der Waals surface area contributed by atoms with Crippen LogP contribution in [0.25, 0.3) is 0 Å². The first kappa shape index (κ1) is 14.3. The number of aliphatic hydroxyl groups is 1. The van der Waals surface area contributed by atoms with Gasteiger partial charge in [0.1, 0.15) is 5.75 Å². The molecular formula is C11H12F3NO3. The van der Waals surface area contributed by atoms with Crippen molar-refractivity contribution in [3.8, 4) is 5.75 Å². The van der Waals surface area contributed by atoms with Crippen molar-refractivity contribution < 1.29 is 28.2 Å². The predicted molar refractivity (Wildman–Crippen MR) is 56.7 cm³/mol. The summed E-state index contributed by atoms with van der Waals surface area (Å²) in [5, 5.41) is 20.4. The maximum absolute atomic E-state index is 12.0. The minimum Gasteiger partial charge on any atom is -0.508 e. The molecule has 0 bridgehead atoms. The Bertz CT molecular complexity index is 417. The van der Waals surface area contributed by atoms with Crippen LogP contribution in [0.15, 0.2) is 24.3 Å². The van der Waals surface area contributed by atoms with Gasteiger partial charge in [0.05, 0.1) is 12.1 Å². The molecule has 7 heteroatoms. The molecule has 0 aromatic heterocycles. The fourth-order valence-corrected chi connectivity index (χ4v) is 1.33. The number of benzene rings is 1. The average Bonchev–Trinajstić information content (AvgIpc) is 2.27. The Morgan fingerprint density at radius 1 is 1.28 bits per heavy atom. The predicted octanol–water partition coefficient (Wildman–Crippen LogP) is 1.49. The van der Waals surface area contributed by atoms with Gasteiger partial charge in [0, 0.05) is 0 Å². The van der Waals surface area contributed by atoms with Crippen molar-refractivity contribution in [2.24, 2.45) is 0 Å². The van der Waals surface area contributed by atoms with Gasteiger partial charge in [-0.15, -0.1) is 0 Å². The zero-order chi connectivity index (χ0) is 13.9. The van der Waals surface area contributed by atoms with Gasteiger partial charge in [-0.2, -0.15) is 13.2 Å². The Morgan fingerprint density at radius 2 is 1.78 bits per heavy atom. The summed E-state index contributed by atoms with van der Waals surface area (Å²) in [6.45, 7) is 1.25. The molecule has 0 fully saturated rings. The maximum atomic E-state index is 12.0. The molecule has 1 aromatic carbocycles. The number of hydrogen-bond acceptors (Lipinski definition) is 3. The first-order chi connectivity index (χ1) is 8.21. The second-order valence-electron chi connectivity index (χ2n) is 3.80. The molecule has 3 N–H and O–H groups in total. The van der Waals surface area contributed by atoms with Crippen molar-refractivity contribution in [3.05, 3.63) is 29.8 Å². The molecular weight excluding hydrogens is 251 g/mol. The molecule has 4 nitrogen and oxygen atoms in total. The molecule has 0 aliphatic rings. The van der Waals surface area contributed by atoms with Crippen LogP contribution in [-0.4, -0.2) is 28.3 Å². The molecule has 0 aliphatic heterocycles. The lowest BCUT2D eigenvalue weighted by Crippen LogP contribution is -2.44. The van der Waals surface area contributed by atoms with E-state index in [4.69, 9.17) is 5.11 Å². The molecule has 0 saturated heterocycles. The molecule has 2 unspecified atom stereocenters. The Kier molecular flexibility index (Phi) is 4.18. The van der Waals surface area contributed by atoms with E-state index in [-0.39, 0.29) is 5.75 Å². The number of aliphatic hydroxyl groups excluding tert-OH is 1. The fourth-order valence-electron chi connectivity index (χ4n) is 1.33. The highest BCUT2D eigenvalue weighted by Gasteiger charge is 2.40. The number of nitrogens with one attached hydrogen (secondary N) is 1. The average molecular weight is 263 g/mol. The van der Waals surface area contributed by atoms with Gasteiger partial charge in [0.15, 0.2) is 0 Å². The lowest BCUT2D eigenvalue weighted by molar-refractivity contribution is -0.175. The molecule has 1 amide bonds. The quantitative estimate of drug-likeness (QED) is 0.774. The molecule has 0 aliphatic carbocycles. The minimum atomic E-state index is -4.98. The van der Waals surface area contributed by atoms with Crippen molar-refractivity contribution in [1.29, 1.82) is 0 Å². The summed E-state index contributed by atoms with van der Waals surface area (Å²) in [6.07, 6.45) is -6.28. The third-order valence-electron chi connectivity index (χ3n) is 2.32. The van der Waals surface area contributed by atoms with Crippen molar-refractivity contribution >= 4 is 5.91 Å². The van der Waals surface area contributed by atoms with Crippen LogP contribution < -0.4 is 5.32 Å². The molecule has 2 atom stereocenters. The molecule has 0 saturated carbocycles. The van der Waals surface area contributed by atoms with Crippen molar-refractivity contribution in [2.75, 3.05) is 0 Å². The highest BCUT2D eigenvalue weighted by molar-refractivity contribution is 5.81. The van der Waals surface area contributed by atoms with Gasteiger partial charge in [-0.25, -0.2) is 0 Å². The van der Waals surface area contributed by atoms with Crippen LogP contribution in [-0.2, 0) is 4.79 Å². The number of phenols is 1. The van der Waals surface area contributed by atoms with Crippen LogP contribution in [0.5, 0.6) is 5.75 Å². The number of halogens is 3.